The van der Waals surface area contributed by atoms with Gasteiger partial charge in [-0.3, -0.25) is 9.63 Å². The van der Waals surface area contributed by atoms with Gasteiger partial charge in [-0.2, -0.15) is 5.06 Å². The van der Waals surface area contributed by atoms with Crippen molar-refractivity contribution in [2.24, 2.45) is 0 Å². The molecule has 0 spiro atoms. The fraction of sp³-hybridized carbons (Fsp3) is 0.364. The van der Waals surface area contributed by atoms with Crippen LogP contribution in [0.1, 0.15) is 12.0 Å². The van der Waals surface area contributed by atoms with Gasteiger partial charge in [0.15, 0.2) is 0 Å². The lowest BCUT2D eigenvalue weighted by molar-refractivity contribution is -0.136. The number of amides is 1. The molecule has 0 radical (unpaired) electrons. The maximum absolute atomic E-state index is 11.5. The van der Waals surface area contributed by atoms with Crippen LogP contribution >= 0.6 is 0 Å². The number of hydrogen-bond acceptors (Lipinski definition) is 3. The standard InChI is InChI=1S/C11H13NO3/c1-8-2-4-9(5-3-8)12-11(14)6-10(13)7-15-12/h2-5,10,13H,6-7H2,1H3. The number of carbonyl (C=O) groups is 1. The second-order valence-electron chi connectivity index (χ2n) is 3.68. The molecule has 4 heteroatoms. The van der Waals surface area contributed by atoms with E-state index in [1.165, 1.54) is 5.06 Å². The van der Waals surface area contributed by atoms with Crippen molar-refractivity contribution in [3.05, 3.63) is 29.8 Å². The van der Waals surface area contributed by atoms with Gasteiger partial charge in [-0.15, -0.1) is 0 Å². The molecule has 0 bridgehead atoms. The first-order chi connectivity index (χ1) is 7.16. The summed E-state index contributed by atoms with van der Waals surface area (Å²) >= 11 is 0. The maximum atomic E-state index is 11.5. The number of hydrogen-bond donors (Lipinski definition) is 1. The number of aliphatic hydroxyl groups excluding tert-OH is 1. The van der Waals surface area contributed by atoms with E-state index in [0.717, 1.165) is 5.56 Å². The monoisotopic (exact) mass is 207 g/mol. The Balaban J connectivity index is 2.17. The summed E-state index contributed by atoms with van der Waals surface area (Å²) in [6, 6.07) is 7.48. The van der Waals surface area contributed by atoms with E-state index in [0.29, 0.717) is 5.69 Å². The highest BCUT2D eigenvalue weighted by Gasteiger charge is 2.26. The van der Waals surface area contributed by atoms with Crippen LogP contribution in [0.25, 0.3) is 0 Å². The third-order valence-corrected chi connectivity index (χ3v) is 2.30. The van der Waals surface area contributed by atoms with Crippen molar-refractivity contribution in [1.82, 2.24) is 0 Å². The maximum Gasteiger partial charge on any atom is 0.253 e. The van der Waals surface area contributed by atoms with Crippen molar-refractivity contribution in [2.75, 3.05) is 11.7 Å². The molecule has 1 heterocycles. The zero-order chi connectivity index (χ0) is 10.8. The number of aryl methyl sites for hydroxylation is 1. The average molecular weight is 207 g/mol. The van der Waals surface area contributed by atoms with Crippen LogP contribution in [-0.4, -0.2) is 23.7 Å². The lowest BCUT2D eigenvalue weighted by atomic mass is 10.2. The smallest absolute Gasteiger partial charge is 0.253 e. The van der Waals surface area contributed by atoms with Gasteiger partial charge >= 0.3 is 0 Å². The normalized spacial score (nSPS) is 21.9. The van der Waals surface area contributed by atoms with Gasteiger partial charge < -0.3 is 5.11 Å². The first-order valence-corrected chi connectivity index (χ1v) is 4.87. The van der Waals surface area contributed by atoms with E-state index >= 15 is 0 Å². The first kappa shape index (κ1) is 10.1. The predicted octanol–water partition coefficient (Wildman–Crippen LogP) is 1.02. The van der Waals surface area contributed by atoms with Gasteiger partial charge in [0.1, 0.15) is 6.61 Å². The molecule has 1 saturated heterocycles. The van der Waals surface area contributed by atoms with Gasteiger partial charge in [-0.05, 0) is 19.1 Å². The van der Waals surface area contributed by atoms with Crippen molar-refractivity contribution < 1.29 is 14.7 Å². The summed E-state index contributed by atoms with van der Waals surface area (Å²) < 4.78 is 0. The van der Waals surface area contributed by atoms with Gasteiger partial charge in [0.2, 0.25) is 0 Å². The number of rotatable bonds is 1. The van der Waals surface area contributed by atoms with Crippen LogP contribution in [-0.2, 0) is 9.63 Å². The van der Waals surface area contributed by atoms with Crippen molar-refractivity contribution in [3.63, 3.8) is 0 Å². The molecule has 80 valence electrons. The van der Waals surface area contributed by atoms with Crippen LogP contribution in [0.5, 0.6) is 0 Å². The Morgan fingerprint density at radius 3 is 2.67 bits per heavy atom. The van der Waals surface area contributed by atoms with Crippen molar-refractivity contribution in [1.29, 1.82) is 0 Å². The van der Waals surface area contributed by atoms with Gasteiger partial charge in [0.25, 0.3) is 5.91 Å². The van der Waals surface area contributed by atoms with Crippen LogP contribution in [0.15, 0.2) is 24.3 Å². The van der Waals surface area contributed by atoms with Crippen LogP contribution in [0.2, 0.25) is 0 Å². The summed E-state index contributed by atoms with van der Waals surface area (Å²) in [6.45, 7) is 2.14. The number of nitrogens with zero attached hydrogens (tertiary/aromatic N) is 1. The Morgan fingerprint density at radius 1 is 1.40 bits per heavy atom. The highest BCUT2D eigenvalue weighted by molar-refractivity contribution is 5.92. The Kier molecular flexibility index (Phi) is 2.70. The Bertz CT molecular complexity index is 361. The molecule has 1 atom stereocenters. The van der Waals surface area contributed by atoms with E-state index in [2.05, 4.69) is 0 Å². The van der Waals surface area contributed by atoms with E-state index < -0.39 is 6.10 Å². The number of anilines is 1. The molecule has 15 heavy (non-hydrogen) atoms. The third-order valence-electron chi connectivity index (χ3n) is 2.30. The minimum absolute atomic E-state index is 0.119. The molecule has 4 nitrogen and oxygen atoms in total. The number of hydroxylamine groups is 1. The molecule has 1 N–H and O–H groups in total. The molecular weight excluding hydrogens is 194 g/mol. The molecule has 0 aromatic heterocycles. The molecular formula is C11H13NO3. The minimum Gasteiger partial charge on any atom is -0.390 e. The SMILES string of the molecule is Cc1ccc(N2OCC(O)CC2=O)cc1. The lowest BCUT2D eigenvalue weighted by Crippen LogP contribution is -2.42. The zero-order valence-corrected chi connectivity index (χ0v) is 8.51. The van der Waals surface area contributed by atoms with Crippen LogP contribution < -0.4 is 5.06 Å². The molecule has 1 unspecified atom stereocenters. The minimum atomic E-state index is -0.681. The average Bonchev–Trinajstić information content (AvgIpc) is 2.20. The third kappa shape index (κ3) is 2.16. The summed E-state index contributed by atoms with van der Waals surface area (Å²) in [6.07, 6.45) is -0.562. The molecule has 1 amide bonds. The summed E-state index contributed by atoms with van der Waals surface area (Å²) in [7, 11) is 0. The molecule has 0 saturated carbocycles. The summed E-state index contributed by atoms with van der Waals surface area (Å²) in [5.41, 5.74) is 1.83. The Hall–Kier alpha value is -1.39. The molecule has 1 aliphatic rings. The second-order valence-corrected chi connectivity index (χ2v) is 3.68. The fourth-order valence-corrected chi connectivity index (χ4v) is 1.47. The summed E-state index contributed by atoms with van der Waals surface area (Å²) in [4.78, 5) is 16.7. The lowest BCUT2D eigenvalue weighted by Gasteiger charge is -2.28. The van der Waals surface area contributed by atoms with Gasteiger partial charge in [-0.25, -0.2) is 0 Å². The molecule has 2 rings (SSSR count). The summed E-state index contributed by atoms with van der Waals surface area (Å²) in [5.74, 6) is -0.211. The Labute approximate surface area is 88.0 Å². The highest BCUT2D eigenvalue weighted by atomic mass is 16.7. The van der Waals surface area contributed by atoms with Crippen molar-refractivity contribution in [3.8, 4) is 0 Å². The van der Waals surface area contributed by atoms with E-state index in [-0.39, 0.29) is 18.9 Å². The number of aliphatic hydroxyl groups is 1. The molecule has 1 aromatic carbocycles. The zero-order valence-electron chi connectivity index (χ0n) is 8.51. The van der Waals surface area contributed by atoms with Crippen LogP contribution in [0, 0.1) is 6.92 Å². The summed E-state index contributed by atoms with van der Waals surface area (Å²) in [5, 5.41) is 10.5. The topological polar surface area (TPSA) is 49.8 Å². The number of benzene rings is 1. The molecule has 1 aromatic rings. The molecule has 1 fully saturated rings. The highest BCUT2D eigenvalue weighted by Crippen LogP contribution is 2.20. The van der Waals surface area contributed by atoms with E-state index in [1.807, 2.05) is 31.2 Å². The van der Waals surface area contributed by atoms with Crippen molar-refractivity contribution >= 4 is 11.6 Å². The van der Waals surface area contributed by atoms with E-state index in [9.17, 15) is 9.90 Å². The van der Waals surface area contributed by atoms with E-state index in [1.54, 1.807) is 0 Å². The van der Waals surface area contributed by atoms with Gasteiger partial charge in [0.05, 0.1) is 18.2 Å². The predicted molar refractivity (Wildman–Crippen MR) is 55.2 cm³/mol. The quantitative estimate of drug-likeness (QED) is 0.748. The molecule has 1 aliphatic heterocycles. The largest absolute Gasteiger partial charge is 0.390 e. The fourth-order valence-electron chi connectivity index (χ4n) is 1.47. The van der Waals surface area contributed by atoms with Crippen molar-refractivity contribution in [2.45, 2.75) is 19.4 Å². The number of carbonyl (C=O) groups excluding carboxylic acids is 1. The van der Waals surface area contributed by atoms with Gasteiger partial charge in [0, 0.05) is 0 Å². The molecule has 0 aliphatic carbocycles. The van der Waals surface area contributed by atoms with E-state index in [4.69, 9.17) is 4.84 Å². The van der Waals surface area contributed by atoms with Gasteiger partial charge in [-0.1, -0.05) is 17.7 Å². The second kappa shape index (κ2) is 4.00. The Morgan fingerprint density at radius 2 is 2.07 bits per heavy atom. The first-order valence-electron chi connectivity index (χ1n) is 4.87. The van der Waals surface area contributed by atoms with Crippen LogP contribution in [0.4, 0.5) is 5.69 Å². The van der Waals surface area contributed by atoms with Crippen LogP contribution in [0.3, 0.4) is 0 Å².